The van der Waals surface area contributed by atoms with Crippen LogP contribution in [0, 0.1) is 27.3 Å². The van der Waals surface area contributed by atoms with E-state index in [4.69, 9.17) is 12.2 Å². The minimum Gasteiger partial charge on any atom is -0.344 e. The molecule has 6 nitrogen and oxygen atoms in total. The Labute approximate surface area is 160 Å². The van der Waals surface area contributed by atoms with Crippen LogP contribution in [-0.2, 0) is 7.05 Å². The Morgan fingerprint density at radius 3 is 2.52 bits per heavy atom. The van der Waals surface area contributed by atoms with Gasteiger partial charge in [-0.25, -0.2) is 4.98 Å². The molecule has 128 valence electrons. The van der Waals surface area contributed by atoms with Crippen LogP contribution in [0.1, 0.15) is 11.1 Å². The fourth-order valence-electron chi connectivity index (χ4n) is 3.10. The molecule has 1 aromatic carbocycles. The van der Waals surface area contributed by atoms with Crippen molar-refractivity contribution < 1.29 is 0 Å². The Balaban J connectivity index is 2.07. The van der Waals surface area contributed by atoms with E-state index >= 15 is 0 Å². The van der Waals surface area contributed by atoms with Crippen molar-refractivity contribution in [2.75, 3.05) is 0 Å². The molecule has 1 N–H and O–H groups in total. The fourth-order valence-corrected chi connectivity index (χ4v) is 3.35. The number of nitrogens with one attached hydrogen (secondary N) is 1. The number of benzene rings is 1. The maximum Gasteiger partial charge on any atom is 0.181 e. The highest BCUT2D eigenvalue weighted by molar-refractivity contribution is 7.71. The molecule has 3 aromatic heterocycles. The lowest BCUT2D eigenvalue weighted by Gasteiger charge is -2.12. The number of aromatic amines is 1. The van der Waals surface area contributed by atoms with Crippen LogP contribution in [0.25, 0.3) is 33.4 Å². The van der Waals surface area contributed by atoms with E-state index in [9.17, 15) is 10.5 Å². The number of nitriles is 2. The van der Waals surface area contributed by atoms with Gasteiger partial charge in [0.2, 0.25) is 0 Å². The molecule has 0 unspecified atom stereocenters. The number of pyridine rings is 2. The predicted molar refractivity (Wildman–Crippen MR) is 104 cm³/mol. The molecule has 27 heavy (non-hydrogen) atoms. The summed E-state index contributed by atoms with van der Waals surface area (Å²) in [4.78, 5) is 7.41. The van der Waals surface area contributed by atoms with Crippen LogP contribution in [0.5, 0.6) is 0 Å². The Bertz CT molecular complexity index is 1320. The second kappa shape index (κ2) is 6.49. The van der Waals surface area contributed by atoms with E-state index in [-0.39, 0.29) is 10.2 Å². The zero-order valence-corrected chi connectivity index (χ0v) is 15.1. The summed E-state index contributed by atoms with van der Waals surface area (Å²) in [5.41, 5.74) is 3.81. The lowest BCUT2D eigenvalue weighted by molar-refractivity contribution is 0.776. The summed E-state index contributed by atoms with van der Waals surface area (Å²) in [5.74, 6) is 0. The molecule has 0 saturated heterocycles. The summed E-state index contributed by atoms with van der Waals surface area (Å²) < 4.78 is 1.97. The lowest BCUT2D eigenvalue weighted by atomic mass is 9.93. The molecule has 0 saturated carbocycles. The number of aryl methyl sites for hydroxylation is 1. The molecule has 0 bridgehead atoms. The molecule has 0 spiro atoms. The van der Waals surface area contributed by atoms with E-state index in [2.05, 4.69) is 27.2 Å². The van der Waals surface area contributed by atoms with Crippen molar-refractivity contribution in [3.63, 3.8) is 0 Å². The molecule has 4 rings (SSSR count). The fraction of sp³-hybridized carbons (Fsp3) is 0.0500. The molecule has 0 aliphatic rings. The van der Waals surface area contributed by atoms with E-state index in [0.717, 1.165) is 10.9 Å². The van der Waals surface area contributed by atoms with Crippen molar-refractivity contribution in [3.05, 3.63) is 64.6 Å². The smallest absolute Gasteiger partial charge is 0.181 e. The molecular weight excluding hydrogens is 356 g/mol. The van der Waals surface area contributed by atoms with Crippen molar-refractivity contribution in [2.24, 2.45) is 7.05 Å². The van der Waals surface area contributed by atoms with Crippen molar-refractivity contribution in [1.29, 1.82) is 10.5 Å². The summed E-state index contributed by atoms with van der Waals surface area (Å²) in [7, 11) is 1.82. The van der Waals surface area contributed by atoms with Crippen LogP contribution in [0.2, 0.25) is 0 Å². The molecular formula is C20H12N6S. The average molecular weight is 368 g/mol. The highest BCUT2D eigenvalue weighted by atomic mass is 32.1. The maximum atomic E-state index is 9.90. The maximum absolute atomic E-state index is 9.90. The van der Waals surface area contributed by atoms with E-state index < -0.39 is 0 Å². The molecule has 3 heterocycles. The predicted octanol–water partition coefficient (Wildman–Crippen LogP) is 4.10. The van der Waals surface area contributed by atoms with Crippen LogP contribution < -0.4 is 0 Å². The first-order valence-electron chi connectivity index (χ1n) is 8.08. The van der Waals surface area contributed by atoms with Gasteiger partial charge in [0, 0.05) is 36.0 Å². The van der Waals surface area contributed by atoms with Gasteiger partial charge in [-0.2, -0.15) is 15.6 Å². The summed E-state index contributed by atoms with van der Waals surface area (Å²) in [6.45, 7) is 0. The van der Waals surface area contributed by atoms with Crippen LogP contribution in [0.15, 0.2) is 48.8 Å². The average Bonchev–Trinajstić information content (AvgIpc) is 3.06. The molecule has 0 amide bonds. The standard InChI is InChI=1S/C20H12N6S/c1-26-11-14-7-13(10-23-19(14)25-26)18-15(8-21)17(12-5-3-2-4-6-12)16(9-22)20(27)24-18/h2-7,10-11H,1H3,(H,24,27). The number of nitrogens with zero attached hydrogens (tertiary/aromatic N) is 5. The monoisotopic (exact) mass is 368 g/mol. The zero-order chi connectivity index (χ0) is 19.0. The van der Waals surface area contributed by atoms with Gasteiger partial charge in [0.15, 0.2) is 5.65 Å². The zero-order valence-electron chi connectivity index (χ0n) is 14.3. The highest BCUT2D eigenvalue weighted by Gasteiger charge is 2.19. The Morgan fingerprint density at radius 1 is 1.07 bits per heavy atom. The molecule has 0 fully saturated rings. The third-order valence-corrected chi connectivity index (χ3v) is 4.57. The van der Waals surface area contributed by atoms with E-state index in [1.54, 1.807) is 10.9 Å². The van der Waals surface area contributed by atoms with Gasteiger partial charge in [0.05, 0.1) is 16.8 Å². The van der Waals surface area contributed by atoms with Crippen LogP contribution >= 0.6 is 12.2 Å². The van der Waals surface area contributed by atoms with Gasteiger partial charge in [0.1, 0.15) is 16.8 Å². The summed E-state index contributed by atoms with van der Waals surface area (Å²) in [6.07, 6.45) is 3.51. The molecule has 4 aromatic rings. The molecule has 0 aliphatic heterocycles. The SMILES string of the molecule is Cn1cc2cc(-c3[nH]c(=S)c(C#N)c(-c4ccccc4)c3C#N)cnc2n1. The van der Waals surface area contributed by atoms with Gasteiger partial charge < -0.3 is 4.98 Å². The van der Waals surface area contributed by atoms with Gasteiger partial charge in [0.25, 0.3) is 0 Å². The Hall–Kier alpha value is -3.81. The van der Waals surface area contributed by atoms with Crippen LogP contribution in [-0.4, -0.2) is 19.7 Å². The molecule has 7 heteroatoms. The van der Waals surface area contributed by atoms with Gasteiger partial charge in [-0.15, -0.1) is 0 Å². The van der Waals surface area contributed by atoms with Crippen molar-refractivity contribution in [3.8, 4) is 34.5 Å². The van der Waals surface area contributed by atoms with Gasteiger partial charge in [-0.1, -0.05) is 42.5 Å². The summed E-state index contributed by atoms with van der Waals surface area (Å²) >= 11 is 5.41. The molecule has 0 aliphatic carbocycles. The Morgan fingerprint density at radius 2 is 1.81 bits per heavy atom. The topological polar surface area (TPSA) is 94.1 Å². The quantitative estimate of drug-likeness (QED) is 0.538. The van der Waals surface area contributed by atoms with E-state index in [1.165, 1.54) is 0 Å². The number of hydrogen-bond donors (Lipinski definition) is 1. The van der Waals surface area contributed by atoms with Crippen LogP contribution in [0.4, 0.5) is 0 Å². The second-order valence-electron chi connectivity index (χ2n) is 5.98. The second-order valence-corrected chi connectivity index (χ2v) is 6.39. The number of aromatic nitrogens is 4. The first-order valence-corrected chi connectivity index (χ1v) is 8.49. The summed E-state index contributed by atoms with van der Waals surface area (Å²) in [5, 5.41) is 24.6. The first kappa shape index (κ1) is 16.6. The molecule has 0 radical (unpaired) electrons. The highest BCUT2D eigenvalue weighted by Crippen LogP contribution is 2.34. The van der Waals surface area contributed by atoms with Crippen molar-refractivity contribution in [1.82, 2.24) is 19.7 Å². The summed E-state index contributed by atoms with van der Waals surface area (Å²) in [6, 6.07) is 15.6. The van der Waals surface area contributed by atoms with E-state index in [1.807, 2.05) is 49.6 Å². The van der Waals surface area contributed by atoms with Crippen molar-refractivity contribution >= 4 is 23.3 Å². The van der Waals surface area contributed by atoms with Gasteiger partial charge in [-0.3, -0.25) is 4.68 Å². The largest absolute Gasteiger partial charge is 0.344 e. The lowest BCUT2D eigenvalue weighted by Crippen LogP contribution is -1.99. The van der Waals surface area contributed by atoms with E-state index in [0.29, 0.717) is 28.0 Å². The first-order chi connectivity index (χ1) is 13.1. The third kappa shape index (κ3) is 2.77. The third-order valence-electron chi connectivity index (χ3n) is 4.26. The Kier molecular flexibility index (Phi) is 4.00. The minimum absolute atomic E-state index is 0.284. The number of hydrogen-bond acceptors (Lipinski definition) is 5. The minimum atomic E-state index is 0.284. The van der Waals surface area contributed by atoms with Crippen molar-refractivity contribution in [2.45, 2.75) is 0 Å². The normalized spacial score (nSPS) is 10.5. The molecule has 0 atom stereocenters. The number of H-pyrrole nitrogens is 1. The van der Waals surface area contributed by atoms with Gasteiger partial charge >= 0.3 is 0 Å². The number of rotatable bonds is 2. The number of fused-ring (bicyclic) bond motifs is 1. The van der Waals surface area contributed by atoms with Crippen LogP contribution in [0.3, 0.4) is 0 Å². The van der Waals surface area contributed by atoms with Gasteiger partial charge in [-0.05, 0) is 11.6 Å².